The summed E-state index contributed by atoms with van der Waals surface area (Å²) in [5.41, 5.74) is 16.1. The van der Waals surface area contributed by atoms with Crippen LogP contribution >= 0.6 is 11.3 Å². The van der Waals surface area contributed by atoms with Gasteiger partial charge in [-0.25, -0.2) is 0 Å². The zero-order valence-electron chi connectivity index (χ0n) is 33.1. The van der Waals surface area contributed by atoms with Crippen molar-refractivity contribution in [1.82, 2.24) is 0 Å². The van der Waals surface area contributed by atoms with E-state index in [1.165, 1.54) is 64.5 Å². The van der Waals surface area contributed by atoms with Gasteiger partial charge in [0, 0.05) is 70.3 Å². The minimum Gasteiger partial charge on any atom is -0.456 e. The van der Waals surface area contributed by atoms with Gasteiger partial charge in [0.05, 0.1) is 0 Å². The first kappa shape index (κ1) is 34.5. The van der Waals surface area contributed by atoms with Gasteiger partial charge in [0.25, 0.3) is 0 Å². The van der Waals surface area contributed by atoms with E-state index in [1.807, 2.05) is 23.5 Å². The predicted molar refractivity (Wildman–Crippen MR) is 256 cm³/mol. The Labute approximate surface area is 356 Å². The number of benzene rings is 9. The van der Waals surface area contributed by atoms with Crippen LogP contribution in [0, 0.1) is 0 Å². The fourth-order valence-electron chi connectivity index (χ4n) is 10.2. The number of hydrogen-bond donors (Lipinski definition) is 0. The summed E-state index contributed by atoms with van der Waals surface area (Å²) in [5, 5.41) is 7.20. The second-order valence-corrected chi connectivity index (χ2v) is 17.4. The van der Waals surface area contributed by atoms with Crippen LogP contribution < -0.4 is 4.90 Å². The molecule has 0 N–H and O–H groups in total. The summed E-state index contributed by atoms with van der Waals surface area (Å²) in [4.78, 5) is 2.35. The van der Waals surface area contributed by atoms with Gasteiger partial charge < -0.3 is 13.7 Å². The van der Waals surface area contributed by atoms with Crippen LogP contribution in [0.3, 0.4) is 0 Å². The third-order valence-electron chi connectivity index (χ3n) is 12.9. The zero-order chi connectivity index (χ0) is 40.0. The number of hydrogen-bond acceptors (Lipinski definition) is 4. The number of anilines is 3. The zero-order valence-corrected chi connectivity index (χ0v) is 34.0. The quantitative estimate of drug-likeness (QED) is 0.174. The molecular formula is C57H37NO2S. The number of furan rings is 2. The Morgan fingerprint density at radius 1 is 0.443 bits per heavy atom. The Balaban J connectivity index is 0.962. The van der Waals surface area contributed by atoms with Crippen molar-refractivity contribution in [3.63, 3.8) is 0 Å². The molecule has 0 radical (unpaired) electrons. The number of para-hydroxylation sites is 3. The van der Waals surface area contributed by atoms with E-state index in [0.717, 1.165) is 68.4 Å². The first-order valence-electron chi connectivity index (χ1n) is 21.1. The van der Waals surface area contributed by atoms with Crippen LogP contribution in [0.25, 0.3) is 86.3 Å². The second-order valence-electron chi connectivity index (χ2n) is 16.3. The monoisotopic (exact) mass is 799 g/mol. The molecule has 0 bridgehead atoms. The summed E-state index contributed by atoms with van der Waals surface area (Å²) in [7, 11) is 0. The number of aryl methyl sites for hydroxylation is 1. The summed E-state index contributed by atoms with van der Waals surface area (Å²) in [6.07, 6.45) is 1.91. The van der Waals surface area contributed by atoms with Crippen molar-refractivity contribution < 1.29 is 8.83 Å². The highest BCUT2D eigenvalue weighted by atomic mass is 32.1. The lowest BCUT2D eigenvalue weighted by molar-refractivity contribution is 0.667. The molecule has 1 atom stereocenters. The van der Waals surface area contributed by atoms with Crippen molar-refractivity contribution in [2.24, 2.45) is 0 Å². The smallest absolute Gasteiger partial charge is 0.136 e. The molecule has 288 valence electrons. The fourth-order valence-corrected chi connectivity index (χ4v) is 11.3. The van der Waals surface area contributed by atoms with Gasteiger partial charge >= 0.3 is 0 Å². The number of fused-ring (bicyclic) bond motifs is 12. The number of rotatable bonds is 5. The topological polar surface area (TPSA) is 29.5 Å². The van der Waals surface area contributed by atoms with Gasteiger partial charge in [0.1, 0.15) is 22.3 Å². The van der Waals surface area contributed by atoms with Gasteiger partial charge in [0.2, 0.25) is 0 Å². The van der Waals surface area contributed by atoms with Crippen LogP contribution in [0.4, 0.5) is 17.1 Å². The SMILES string of the molecule is c1ccc(N(c2ccc(C3CCc4cc5oc6ccccc6c5c(-c5ccc6sc7ccccc7c6c5)c4-c4ccccc43)cc2)c2ccc3oc4ccccc4c3c2)cc1. The summed E-state index contributed by atoms with van der Waals surface area (Å²) in [6.45, 7) is 0. The molecule has 1 aliphatic carbocycles. The van der Waals surface area contributed by atoms with Crippen LogP contribution in [-0.4, -0.2) is 0 Å². The van der Waals surface area contributed by atoms with E-state index in [2.05, 4.69) is 187 Å². The first-order valence-corrected chi connectivity index (χ1v) is 21.9. The molecule has 61 heavy (non-hydrogen) atoms. The Hall–Kier alpha value is -7.40. The molecule has 0 saturated carbocycles. The molecule has 1 aliphatic rings. The van der Waals surface area contributed by atoms with Crippen molar-refractivity contribution in [3.8, 4) is 22.3 Å². The standard InChI is InChI=1S/C57H37NO2S/c1-2-12-38(13-3-1)58(40-28-30-51-47(34-40)43-15-6-9-19-49(43)59-51)39-26-22-35(23-27-39)41-29-24-37-33-52-57(46-18-7-10-20-50(46)60-52)56(55(37)45-17-5-4-14-42(41)45)36-25-31-54-48(32-36)44-16-8-11-21-53(44)61-54/h1-23,25-28,30-34,41H,24,29H2. The number of thiophene rings is 1. The fraction of sp³-hybridized carbons (Fsp3) is 0.0526. The molecule has 13 rings (SSSR count). The van der Waals surface area contributed by atoms with E-state index in [-0.39, 0.29) is 5.92 Å². The molecular weight excluding hydrogens is 763 g/mol. The third kappa shape index (κ3) is 5.42. The molecule has 0 saturated heterocycles. The van der Waals surface area contributed by atoms with Crippen LogP contribution in [-0.2, 0) is 6.42 Å². The van der Waals surface area contributed by atoms with Crippen LogP contribution in [0.15, 0.2) is 203 Å². The highest BCUT2D eigenvalue weighted by Crippen LogP contribution is 2.51. The average molecular weight is 800 g/mol. The Morgan fingerprint density at radius 2 is 1.10 bits per heavy atom. The summed E-state index contributed by atoms with van der Waals surface area (Å²) in [5.74, 6) is 0.204. The minimum atomic E-state index is 0.204. The Kier molecular flexibility index (Phi) is 7.66. The first-order chi connectivity index (χ1) is 30.2. The highest BCUT2D eigenvalue weighted by molar-refractivity contribution is 7.25. The van der Waals surface area contributed by atoms with Crippen LogP contribution in [0.5, 0.6) is 0 Å². The van der Waals surface area contributed by atoms with Crippen molar-refractivity contribution in [1.29, 1.82) is 0 Å². The summed E-state index contributed by atoms with van der Waals surface area (Å²) < 4.78 is 15.6. The van der Waals surface area contributed by atoms with E-state index >= 15 is 0 Å². The molecule has 3 heterocycles. The van der Waals surface area contributed by atoms with Gasteiger partial charge in [-0.1, -0.05) is 115 Å². The van der Waals surface area contributed by atoms with Crippen LogP contribution in [0.2, 0.25) is 0 Å². The van der Waals surface area contributed by atoms with Crippen molar-refractivity contribution >= 4 is 92.4 Å². The Bertz CT molecular complexity index is 3670. The second kappa shape index (κ2) is 13.6. The number of nitrogens with zero attached hydrogens (tertiary/aromatic N) is 1. The molecule has 1 unspecified atom stereocenters. The lowest BCUT2D eigenvalue weighted by Crippen LogP contribution is -2.10. The van der Waals surface area contributed by atoms with E-state index < -0.39 is 0 Å². The maximum absolute atomic E-state index is 6.70. The van der Waals surface area contributed by atoms with Gasteiger partial charge in [-0.05, 0) is 125 Å². The van der Waals surface area contributed by atoms with Gasteiger partial charge in [0.15, 0.2) is 0 Å². The van der Waals surface area contributed by atoms with E-state index in [4.69, 9.17) is 8.83 Å². The molecule has 12 aromatic rings. The van der Waals surface area contributed by atoms with Crippen LogP contribution in [0.1, 0.15) is 29.0 Å². The van der Waals surface area contributed by atoms with E-state index in [9.17, 15) is 0 Å². The van der Waals surface area contributed by atoms with Gasteiger partial charge in [-0.15, -0.1) is 11.3 Å². The van der Waals surface area contributed by atoms with E-state index in [0.29, 0.717) is 0 Å². The van der Waals surface area contributed by atoms with Crippen molar-refractivity contribution in [2.75, 3.05) is 4.90 Å². The van der Waals surface area contributed by atoms with Gasteiger partial charge in [-0.2, -0.15) is 0 Å². The lowest BCUT2D eigenvalue weighted by Gasteiger charge is -2.26. The third-order valence-corrected chi connectivity index (χ3v) is 14.1. The maximum Gasteiger partial charge on any atom is 0.136 e. The lowest BCUT2D eigenvalue weighted by atomic mass is 9.83. The minimum absolute atomic E-state index is 0.204. The molecule has 0 amide bonds. The molecule has 0 spiro atoms. The van der Waals surface area contributed by atoms with Gasteiger partial charge in [-0.3, -0.25) is 0 Å². The molecule has 4 heteroatoms. The molecule has 3 aromatic heterocycles. The largest absolute Gasteiger partial charge is 0.456 e. The normalized spacial score (nSPS) is 13.9. The Morgan fingerprint density at radius 3 is 1.97 bits per heavy atom. The highest BCUT2D eigenvalue weighted by Gasteiger charge is 2.29. The average Bonchev–Trinajstić information content (AvgIpc) is 3.97. The molecule has 3 nitrogen and oxygen atoms in total. The van der Waals surface area contributed by atoms with Crippen molar-refractivity contribution in [3.05, 3.63) is 211 Å². The van der Waals surface area contributed by atoms with E-state index in [1.54, 1.807) is 0 Å². The van der Waals surface area contributed by atoms with Crippen molar-refractivity contribution in [2.45, 2.75) is 18.8 Å². The molecule has 9 aromatic carbocycles. The summed E-state index contributed by atoms with van der Waals surface area (Å²) in [6, 6.07) is 70.6. The maximum atomic E-state index is 6.70. The molecule has 0 aliphatic heterocycles. The predicted octanol–water partition coefficient (Wildman–Crippen LogP) is 16.7. The summed E-state index contributed by atoms with van der Waals surface area (Å²) >= 11 is 1.87. The molecule has 0 fully saturated rings.